The first-order valence-electron chi connectivity index (χ1n) is 6.50. The Morgan fingerprint density at radius 2 is 1.83 bits per heavy atom. The molecule has 0 saturated heterocycles. The topological polar surface area (TPSA) is 20.2 Å². The first-order valence-corrected chi connectivity index (χ1v) is 6.50. The van der Waals surface area contributed by atoms with Gasteiger partial charge in [-0.1, -0.05) is 25.0 Å². The average molecular weight is 252 g/mol. The van der Waals surface area contributed by atoms with Crippen molar-refractivity contribution in [3.8, 4) is 0 Å². The van der Waals surface area contributed by atoms with Crippen molar-refractivity contribution in [1.82, 2.24) is 0 Å². The fourth-order valence-electron chi connectivity index (χ4n) is 2.39. The number of aliphatic hydroxyl groups is 1. The lowest BCUT2D eigenvalue weighted by atomic mass is 9.92. The molecule has 0 saturated carbocycles. The van der Waals surface area contributed by atoms with Gasteiger partial charge in [-0.15, -0.1) is 0 Å². The quantitative estimate of drug-likeness (QED) is 0.779. The number of halogens is 2. The molecular weight excluding hydrogens is 234 g/mol. The van der Waals surface area contributed by atoms with Crippen LogP contribution in [0.4, 0.5) is 8.78 Å². The van der Waals surface area contributed by atoms with E-state index in [1.807, 2.05) is 6.08 Å². The third-order valence-electron chi connectivity index (χ3n) is 3.43. The van der Waals surface area contributed by atoms with Crippen molar-refractivity contribution in [3.63, 3.8) is 0 Å². The number of rotatable bonds is 2. The Labute approximate surface area is 106 Å². The summed E-state index contributed by atoms with van der Waals surface area (Å²) >= 11 is 0. The van der Waals surface area contributed by atoms with Crippen molar-refractivity contribution < 1.29 is 13.9 Å². The standard InChI is InChI=1S/C15H18F2O/c16-12-8-9-13(14(17)10-12)15(18)11-6-4-2-1-3-5-7-11/h6,8-10,15,18H,1-5,7H2/b11-6+. The maximum absolute atomic E-state index is 13.6. The van der Waals surface area contributed by atoms with Gasteiger partial charge in [0.15, 0.2) is 0 Å². The molecule has 1 nitrogen and oxygen atoms in total. The predicted octanol–water partition coefficient (Wildman–Crippen LogP) is 4.28. The van der Waals surface area contributed by atoms with Crippen molar-refractivity contribution in [3.05, 3.63) is 47.0 Å². The minimum absolute atomic E-state index is 0.170. The average Bonchev–Trinajstić information content (AvgIpc) is 2.27. The molecule has 18 heavy (non-hydrogen) atoms. The molecular formula is C15H18F2O. The van der Waals surface area contributed by atoms with E-state index in [-0.39, 0.29) is 5.56 Å². The van der Waals surface area contributed by atoms with E-state index in [1.54, 1.807) is 0 Å². The van der Waals surface area contributed by atoms with Gasteiger partial charge in [0, 0.05) is 11.6 Å². The molecule has 0 bridgehead atoms. The van der Waals surface area contributed by atoms with Crippen LogP contribution < -0.4 is 0 Å². The monoisotopic (exact) mass is 252 g/mol. The highest BCUT2D eigenvalue weighted by molar-refractivity contribution is 5.28. The van der Waals surface area contributed by atoms with Crippen LogP contribution in [0.2, 0.25) is 0 Å². The maximum Gasteiger partial charge on any atom is 0.132 e. The van der Waals surface area contributed by atoms with E-state index in [0.29, 0.717) is 0 Å². The molecule has 0 amide bonds. The second-order valence-electron chi connectivity index (χ2n) is 4.80. The molecule has 1 aromatic rings. The van der Waals surface area contributed by atoms with Crippen LogP contribution in [0.3, 0.4) is 0 Å². The van der Waals surface area contributed by atoms with Gasteiger partial charge in [0.25, 0.3) is 0 Å². The van der Waals surface area contributed by atoms with Crippen molar-refractivity contribution >= 4 is 0 Å². The zero-order valence-electron chi connectivity index (χ0n) is 10.3. The maximum atomic E-state index is 13.6. The van der Waals surface area contributed by atoms with Crippen LogP contribution in [0.25, 0.3) is 0 Å². The van der Waals surface area contributed by atoms with E-state index in [9.17, 15) is 13.9 Å². The molecule has 1 unspecified atom stereocenters. The normalized spacial score (nSPS) is 21.6. The predicted molar refractivity (Wildman–Crippen MR) is 67.1 cm³/mol. The van der Waals surface area contributed by atoms with Gasteiger partial charge >= 0.3 is 0 Å². The van der Waals surface area contributed by atoms with E-state index in [1.165, 1.54) is 18.6 Å². The van der Waals surface area contributed by atoms with Gasteiger partial charge in [0.1, 0.15) is 17.7 Å². The lowest BCUT2D eigenvalue weighted by molar-refractivity contribution is 0.204. The third kappa shape index (κ3) is 3.16. The van der Waals surface area contributed by atoms with Gasteiger partial charge in [0.05, 0.1) is 0 Å². The number of hydrogen-bond donors (Lipinski definition) is 1. The lowest BCUT2D eigenvalue weighted by Crippen LogP contribution is -2.06. The fourth-order valence-corrected chi connectivity index (χ4v) is 2.39. The van der Waals surface area contributed by atoms with Crippen LogP contribution in [0.1, 0.15) is 50.2 Å². The smallest absolute Gasteiger partial charge is 0.132 e. The minimum Gasteiger partial charge on any atom is -0.384 e. The SMILES string of the molecule is OC(/C1=C/CCCCCC1)c1ccc(F)cc1F. The van der Waals surface area contributed by atoms with Crippen LogP contribution in [0, 0.1) is 11.6 Å². The number of benzene rings is 1. The number of aliphatic hydroxyl groups excluding tert-OH is 1. The zero-order chi connectivity index (χ0) is 13.0. The molecule has 0 fully saturated rings. The van der Waals surface area contributed by atoms with Crippen LogP contribution in [0.15, 0.2) is 29.8 Å². The summed E-state index contributed by atoms with van der Waals surface area (Å²) in [5.41, 5.74) is 1.03. The van der Waals surface area contributed by atoms with Gasteiger partial charge in [0.2, 0.25) is 0 Å². The molecule has 1 aromatic carbocycles. The molecule has 1 aliphatic rings. The molecule has 0 aliphatic heterocycles. The zero-order valence-corrected chi connectivity index (χ0v) is 10.3. The van der Waals surface area contributed by atoms with Crippen molar-refractivity contribution in [2.45, 2.75) is 44.6 Å². The van der Waals surface area contributed by atoms with Crippen LogP contribution in [-0.2, 0) is 0 Å². The molecule has 0 heterocycles. The summed E-state index contributed by atoms with van der Waals surface area (Å²) in [4.78, 5) is 0. The fraction of sp³-hybridized carbons (Fsp3) is 0.467. The molecule has 98 valence electrons. The number of hydrogen-bond acceptors (Lipinski definition) is 1. The molecule has 1 atom stereocenters. The van der Waals surface area contributed by atoms with Crippen molar-refractivity contribution in [2.24, 2.45) is 0 Å². The Morgan fingerprint density at radius 3 is 2.61 bits per heavy atom. The van der Waals surface area contributed by atoms with E-state index >= 15 is 0 Å². The van der Waals surface area contributed by atoms with E-state index in [0.717, 1.165) is 43.7 Å². The van der Waals surface area contributed by atoms with E-state index in [2.05, 4.69) is 0 Å². The highest BCUT2D eigenvalue weighted by Gasteiger charge is 2.18. The molecule has 3 heteroatoms. The third-order valence-corrected chi connectivity index (χ3v) is 3.43. The molecule has 0 aromatic heterocycles. The number of allylic oxidation sites excluding steroid dienone is 1. The van der Waals surface area contributed by atoms with Crippen molar-refractivity contribution in [1.29, 1.82) is 0 Å². The summed E-state index contributed by atoms with van der Waals surface area (Å²) in [6, 6.07) is 3.34. The first kappa shape index (κ1) is 13.2. The second-order valence-corrected chi connectivity index (χ2v) is 4.80. The van der Waals surface area contributed by atoms with Crippen molar-refractivity contribution in [2.75, 3.05) is 0 Å². The molecule has 0 spiro atoms. The largest absolute Gasteiger partial charge is 0.384 e. The first-order chi connectivity index (χ1) is 8.68. The lowest BCUT2D eigenvalue weighted by Gasteiger charge is -2.18. The highest BCUT2D eigenvalue weighted by atomic mass is 19.1. The molecule has 2 rings (SSSR count). The Bertz CT molecular complexity index is 440. The summed E-state index contributed by atoms with van der Waals surface area (Å²) in [5.74, 6) is -1.29. The minimum atomic E-state index is -0.941. The van der Waals surface area contributed by atoms with E-state index < -0.39 is 17.7 Å². The molecule has 1 N–H and O–H groups in total. The van der Waals surface area contributed by atoms with Gasteiger partial charge in [-0.3, -0.25) is 0 Å². The van der Waals surface area contributed by atoms with Crippen LogP contribution >= 0.6 is 0 Å². The van der Waals surface area contributed by atoms with Crippen LogP contribution in [0.5, 0.6) is 0 Å². The Morgan fingerprint density at radius 1 is 1.06 bits per heavy atom. The highest BCUT2D eigenvalue weighted by Crippen LogP contribution is 2.30. The van der Waals surface area contributed by atoms with E-state index in [4.69, 9.17) is 0 Å². The molecule has 1 aliphatic carbocycles. The van der Waals surface area contributed by atoms with Gasteiger partial charge < -0.3 is 5.11 Å². The second kappa shape index (κ2) is 6.10. The summed E-state index contributed by atoms with van der Waals surface area (Å²) in [5, 5.41) is 10.2. The summed E-state index contributed by atoms with van der Waals surface area (Å²) in [7, 11) is 0. The summed E-state index contributed by atoms with van der Waals surface area (Å²) < 4.78 is 26.4. The Hall–Kier alpha value is -1.22. The van der Waals surface area contributed by atoms with Gasteiger partial charge in [-0.05, 0) is 37.3 Å². The summed E-state index contributed by atoms with van der Waals surface area (Å²) in [6.45, 7) is 0. The molecule has 0 radical (unpaired) electrons. The Kier molecular flexibility index (Phi) is 4.48. The van der Waals surface area contributed by atoms with Gasteiger partial charge in [-0.25, -0.2) is 8.78 Å². The Balaban J connectivity index is 2.20. The summed E-state index contributed by atoms with van der Waals surface area (Å²) in [6.07, 6.45) is 7.28. The van der Waals surface area contributed by atoms with Crippen LogP contribution in [-0.4, -0.2) is 5.11 Å². The van der Waals surface area contributed by atoms with Gasteiger partial charge in [-0.2, -0.15) is 0 Å².